The monoisotopic (exact) mass is 448 g/mol. The molecule has 7 nitrogen and oxygen atoms in total. The molecule has 0 radical (unpaired) electrons. The molecule has 7 heteroatoms. The average Bonchev–Trinajstić information content (AvgIpc) is 2.87. The third-order valence-corrected chi connectivity index (χ3v) is 6.64. The van der Waals surface area contributed by atoms with E-state index >= 15 is 0 Å². The second-order valence-electron chi connectivity index (χ2n) is 8.62. The van der Waals surface area contributed by atoms with Gasteiger partial charge < -0.3 is 20.0 Å². The van der Waals surface area contributed by atoms with Crippen LogP contribution in [0.15, 0.2) is 60.7 Å². The van der Waals surface area contributed by atoms with E-state index in [1.807, 2.05) is 60.4 Å². The number of rotatable bonds is 6. The third kappa shape index (κ3) is 5.18. The number of hydrogen-bond acceptors (Lipinski definition) is 4. The van der Waals surface area contributed by atoms with Crippen molar-refractivity contribution >= 4 is 23.4 Å². The fraction of sp³-hybridized carbons (Fsp3) is 0.423. The lowest BCUT2D eigenvalue weighted by Crippen LogP contribution is -2.60. The Morgan fingerprint density at radius 1 is 0.939 bits per heavy atom. The van der Waals surface area contributed by atoms with Gasteiger partial charge in [-0.3, -0.25) is 14.4 Å². The van der Waals surface area contributed by atoms with Gasteiger partial charge in [-0.15, -0.1) is 0 Å². The number of para-hydroxylation sites is 1. The van der Waals surface area contributed by atoms with Gasteiger partial charge in [0.05, 0.1) is 12.3 Å². The summed E-state index contributed by atoms with van der Waals surface area (Å²) in [5.74, 6) is -0.710. The summed E-state index contributed by atoms with van der Waals surface area (Å²) >= 11 is 0. The van der Waals surface area contributed by atoms with E-state index in [9.17, 15) is 14.4 Å². The van der Waals surface area contributed by atoms with Crippen LogP contribution in [0.4, 0.5) is 5.69 Å². The average molecular weight is 449 g/mol. The number of amides is 3. The lowest BCUT2D eigenvalue weighted by atomic mass is 9.93. The second-order valence-corrected chi connectivity index (χ2v) is 8.62. The fourth-order valence-electron chi connectivity index (χ4n) is 4.77. The topological polar surface area (TPSA) is 73.0 Å². The van der Waals surface area contributed by atoms with Gasteiger partial charge in [-0.2, -0.15) is 0 Å². The first-order chi connectivity index (χ1) is 16.1. The minimum atomic E-state index is -0.760. The van der Waals surface area contributed by atoms with Crippen LogP contribution in [0.25, 0.3) is 0 Å². The van der Waals surface area contributed by atoms with Gasteiger partial charge in [-0.25, -0.2) is 0 Å². The van der Waals surface area contributed by atoms with Crippen LogP contribution in [0.2, 0.25) is 0 Å². The molecule has 0 bridgehead atoms. The molecular weight excluding hydrogens is 416 g/mol. The highest BCUT2D eigenvalue weighted by Crippen LogP contribution is 2.25. The largest absolute Gasteiger partial charge is 0.368 e. The van der Waals surface area contributed by atoms with E-state index in [0.29, 0.717) is 32.6 Å². The maximum absolute atomic E-state index is 13.5. The van der Waals surface area contributed by atoms with Crippen molar-refractivity contribution in [1.29, 1.82) is 0 Å². The minimum Gasteiger partial charge on any atom is -0.368 e. The zero-order valence-corrected chi connectivity index (χ0v) is 19.2. The second kappa shape index (κ2) is 10.5. The van der Waals surface area contributed by atoms with Crippen LogP contribution in [0.3, 0.4) is 0 Å². The van der Waals surface area contributed by atoms with Gasteiger partial charge in [0.1, 0.15) is 6.04 Å². The van der Waals surface area contributed by atoms with E-state index < -0.39 is 6.04 Å². The zero-order valence-electron chi connectivity index (χ0n) is 19.2. The van der Waals surface area contributed by atoms with Crippen LogP contribution >= 0.6 is 0 Å². The Kier molecular flexibility index (Phi) is 7.27. The predicted molar refractivity (Wildman–Crippen MR) is 128 cm³/mol. The summed E-state index contributed by atoms with van der Waals surface area (Å²) in [6.07, 6.45) is 0.664. The molecule has 2 heterocycles. The molecule has 0 spiro atoms. The fourth-order valence-corrected chi connectivity index (χ4v) is 4.77. The van der Waals surface area contributed by atoms with Crippen LogP contribution in [0.1, 0.15) is 31.2 Å². The molecule has 0 aliphatic carbocycles. The Hall–Kier alpha value is -3.35. The summed E-state index contributed by atoms with van der Waals surface area (Å²) in [5.41, 5.74) is 2.10. The normalized spacial score (nSPS) is 19.7. The summed E-state index contributed by atoms with van der Waals surface area (Å²) in [7, 11) is 0. The molecule has 3 amide bonds. The first-order valence-corrected chi connectivity index (χ1v) is 11.8. The zero-order chi connectivity index (χ0) is 23.2. The maximum atomic E-state index is 13.5. The van der Waals surface area contributed by atoms with E-state index in [0.717, 1.165) is 24.3 Å². The van der Waals surface area contributed by atoms with Crippen LogP contribution < -0.4 is 10.2 Å². The highest BCUT2D eigenvalue weighted by molar-refractivity contribution is 5.94. The first-order valence-electron chi connectivity index (χ1n) is 11.8. The molecule has 4 rings (SSSR count). The molecule has 2 unspecified atom stereocenters. The molecule has 0 saturated carbocycles. The Bertz CT molecular complexity index is 958. The number of nitrogens with one attached hydrogen (secondary N) is 1. The van der Waals surface area contributed by atoms with Crippen molar-refractivity contribution in [2.75, 3.05) is 44.2 Å². The number of benzene rings is 2. The Labute approximate surface area is 195 Å². The van der Waals surface area contributed by atoms with Crippen molar-refractivity contribution in [3.05, 3.63) is 66.2 Å². The van der Waals surface area contributed by atoms with Crippen LogP contribution in [0, 0.1) is 0 Å². The number of nitrogens with zero attached hydrogens (tertiary/aromatic N) is 3. The maximum Gasteiger partial charge on any atom is 0.243 e. The number of carbonyl (C=O) groups is 3. The van der Waals surface area contributed by atoms with E-state index in [-0.39, 0.29) is 30.1 Å². The van der Waals surface area contributed by atoms with Crippen LogP contribution in [-0.4, -0.2) is 72.8 Å². The molecule has 2 aliphatic heterocycles. The summed E-state index contributed by atoms with van der Waals surface area (Å²) in [6.45, 7) is 5.54. The lowest BCUT2D eigenvalue weighted by molar-refractivity contribution is -0.147. The van der Waals surface area contributed by atoms with Crippen molar-refractivity contribution < 1.29 is 14.4 Å². The van der Waals surface area contributed by atoms with Crippen molar-refractivity contribution in [2.24, 2.45) is 0 Å². The van der Waals surface area contributed by atoms with E-state index in [1.54, 1.807) is 4.90 Å². The summed E-state index contributed by atoms with van der Waals surface area (Å²) in [6, 6.07) is 19.1. The molecule has 2 fully saturated rings. The first kappa shape index (κ1) is 22.8. The molecule has 2 atom stereocenters. The van der Waals surface area contributed by atoms with Crippen LogP contribution in [0.5, 0.6) is 0 Å². The molecule has 2 aliphatic rings. The van der Waals surface area contributed by atoms with Gasteiger partial charge >= 0.3 is 0 Å². The molecule has 2 aromatic carbocycles. The summed E-state index contributed by atoms with van der Waals surface area (Å²) in [4.78, 5) is 45.0. The Balaban J connectivity index is 1.41. The van der Waals surface area contributed by atoms with Crippen molar-refractivity contribution in [2.45, 2.75) is 31.7 Å². The van der Waals surface area contributed by atoms with Crippen molar-refractivity contribution in [3.63, 3.8) is 0 Å². The molecule has 174 valence electrons. The standard InChI is InChI=1S/C26H32N4O3/c1-2-22(20-9-5-3-6-10-20)26(33)30-14-13-27-25(32)23(30)19-24(31)29-17-15-28(16-18-29)21-11-7-4-8-12-21/h3-12,22-23H,2,13-19H2,1H3,(H,27,32). The van der Waals surface area contributed by atoms with E-state index in [1.165, 1.54) is 0 Å². The van der Waals surface area contributed by atoms with Crippen molar-refractivity contribution in [3.8, 4) is 0 Å². The molecule has 2 aromatic rings. The van der Waals surface area contributed by atoms with Gasteiger partial charge in [0.2, 0.25) is 17.7 Å². The molecule has 0 aromatic heterocycles. The third-order valence-electron chi connectivity index (χ3n) is 6.64. The molecular formula is C26H32N4O3. The van der Waals surface area contributed by atoms with Gasteiger partial charge in [-0.1, -0.05) is 55.5 Å². The SMILES string of the molecule is CCC(C(=O)N1CCNC(=O)C1CC(=O)N1CCN(c2ccccc2)CC1)c1ccccc1. The van der Waals surface area contributed by atoms with Gasteiger partial charge in [-0.05, 0) is 24.1 Å². The minimum absolute atomic E-state index is 0.0220. The lowest BCUT2D eigenvalue weighted by Gasteiger charge is -2.39. The Morgan fingerprint density at radius 2 is 1.58 bits per heavy atom. The molecule has 33 heavy (non-hydrogen) atoms. The van der Waals surface area contributed by atoms with Gasteiger partial charge in [0.15, 0.2) is 0 Å². The highest BCUT2D eigenvalue weighted by atomic mass is 16.2. The smallest absolute Gasteiger partial charge is 0.243 e. The number of piperazine rings is 2. The molecule has 1 N–H and O–H groups in total. The number of hydrogen-bond donors (Lipinski definition) is 1. The number of anilines is 1. The van der Waals surface area contributed by atoms with Gasteiger partial charge in [0, 0.05) is 45.0 Å². The Morgan fingerprint density at radius 3 is 2.21 bits per heavy atom. The van der Waals surface area contributed by atoms with E-state index in [4.69, 9.17) is 0 Å². The quantitative estimate of drug-likeness (QED) is 0.736. The number of carbonyl (C=O) groups excluding carboxylic acids is 3. The van der Waals surface area contributed by atoms with Crippen molar-refractivity contribution in [1.82, 2.24) is 15.1 Å². The van der Waals surface area contributed by atoms with Crippen LogP contribution in [-0.2, 0) is 14.4 Å². The summed E-state index contributed by atoms with van der Waals surface area (Å²) < 4.78 is 0. The summed E-state index contributed by atoms with van der Waals surface area (Å²) in [5, 5.41) is 2.84. The predicted octanol–water partition coefficient (Wildman–Crippen LogP) is 2.25. The van der Waals surface area contributed by atoms with E-state index in [2.05, 4.69) is 22.3 Å². The highest BCUT2D eigenvalue weighted by Gasteiger charge is 2.38. The molecule has 2 saturated heterocycles. The van der Waals surface area contributed by atoms with Gasteiger partial charge in [0.25, 0.3) is 0 Å².